The molecular weight excluding hydrogens is 356 g/mol. The van der Waals surface area contributed by atoms with Crippen molar-refractivity contribution in [2.24, 2.45) is 0 Å². The Labute approximate surface area is 125 Å². The second-order valence-corrected chi connectivity index (χ2v) is 4.90. The van der Waals surface area contributed by atoms with Crippen LogP contribution in [0, 0.1) is 5.82 Å². The first kappa shape index (κ1) is 15.5. The SMILES string of the molecule is O=C(Oc1ccc(F)cc1Br)c1cccc(C(F)(F)F)c1. The molecule has 2 aromatic carbocycles. The van der Waals surface area contributed by atoms with Crippen LogP contribution in [-0.4, -0.2) is 5.97 Å². The molecule has 7 heteroatoms. The zero-order valence-electron chi connectivity index (χ0n) is 10.2. The van der Waals surface area contributed by atoms with Crippen molar-refractivity contribution in [1.82, 2.24) is 0 Å². The van der Waals surface area contributed by atoms with Crippen molar-refractivity contribution in [3.63, 3.8) is 0 Å². The van der Waals surface area contributed by atoms with Crippen LogP contribution in [0.15, 0.2) is 46.9 Å². The summed E-state index contributed by atoms with van der Waals surface area (Å²) in [5.41, 5.74) is -1.20. The molecule has 0 aliphatic heterocycles. The van der Waals surface area contributed by atoms with E-state index in [2.05, 4.69) is 15.9 Å². The predicted molar refractivity (Wildman–Crippen MR) is 70.5 cm³/mol. The molecule has 2 rings (SSSR count). The molecule has 0 amide bonds. The molecule has 0 unspecified atom stereocenters. The summed E-state index contributed by atoms with van der Waals surface area (Å²) in [5, 5.41) is 0. The minimum Gasteiger partial charge on any atom is -0.422 e. The van der Waals surface area contributed by atoms with Crippen LogP contribution >= 0.6 is 15.9 Å². The van der Waals surface area contributed by atoms with Crippen molar-refractivity contribution >= 4 is 21.9 Å². The van der Waals surface area contributed by atoms with E-state index in [4.69, 9.17) is 4.74 Å². The number of ether oxygens (including phenoxy) is 1. The highest BCUT2D eigenvalue weighted by molar-refractivity contribution is 9.10. The molecular formula is C14H7BrF4O2. The molecule has 0 saturated carbocycles. The van der Waals surface area contributed by atoms with Crippen molar-refractivity contribution in [3.8, 4) is 5.75 Å². The van der Waals surface area contributed by atoms with Gasteiger partial charge in [0.25, 0.3) is 0 Å². The minimum absolute atomic E-state index is 0.0128. The maximum Gasteiger partial charge on any atom is 0.416 e. The van der Waals surface area contributed by atoms with Crippen LogP contribution in [0.1, 0.15) is 15.9 Å². The van der Waals surface area contributed by atoms with Gasteiger partial charge in [0.15, 0.2) is 0 Å². The van der Waals surface area contributed by atoms with Crippen molar-refractivity contribution in [3.05, 3.63) is 63.9 Å². The zero-order valence-corrected chi connectivity index (χ0v) is 11.8. The molecule has 0 aliphatic carbocycles. The summed E-state index contributed by atoms with van der Waals surface area (Å²) in [7, 11) is 0. The Balaban J connectivity index is 2.25. The van der Waals surface area contributed by atoms with E-state index in [0.717, 1.165) is 24.3 Å². The molecule has 0 aliphatic rings. The van der Waals surface area contributed by atoms with Crippen molar-refractivity contribution in [2.75, 3.05) is 0 Å². The Morgan fingerprint density at radius 1 is 1.10 bits per heavy atom. The van der Waals surface area contributed by atoms with Gasteiger partial charge in [-0.2, -0.15) is 13.2 Å². The van der Waals surface area contributed by atoms with Gasteiger partial charge in [-0.15, -0.1) is 0 Å². The number of benzene rings is 2. The lowest BCUT2D eigenvalue weighted by Crippen LogP contribution is -2.11. The lowest BCUT2D eigenvalue weighted by molar-refractivity contribution is -0.137. The van der Waals surface area contributed by atoms with E-state index in [-0.39, 0.29) is 15.8 Å². The van der Waals surface area contributed by atoms with Gasteiger partial charge in [-0.05, 0) is 52.3 Å². The fraction of sp³-hybridized carbons (Fsp3) is 0.0714. The van der Waals surface area contributed by atoms with Crippen LogP contribution < -0.4 is 4.74 Å². The van der Waals surface area contributed by atoms with E-state index in [1.54, 1.807) is 0 Å². The van der Waals surface area contributed by atoms with Crippen LogP contribution in [0.25, 0.3) is 0 Å². The average Bonchev–Trinajstić information content (AvgIpc) is 2.41. The van der Waals surface area contributed by atoms with Gasteiger partial charge in [0.2, 0.25) is 0 Å². The molecule has 0 N–H and O–H groups in total. The first-order valence-corrected chi connectivity index (χ1v) is 6.41. The number of rotatable bonds is 2. The molecule has 110 valence electrons. The summed E-state index contributed by atoms with van der Waals surface area (Å²) in [6.45, 7) is 0. The fourth-order valence-electron chi connectivity index (χ4n) is 1.54. The summed E-state index contributed by atoms with van der Waals surface area (Å²) in [6.07, 6.45) is -4.55. The lowest BCUT2D eigenvalue weighted by atomic mass is 10.1. The fourth-order valence-corrected chi connectivity index (χ4v) is 1.97. The summed E-state index contributed by atoms with van der Waals surface area (Å²) >= 11 is 3.00. The number of carbonyl (C=O) groups excluding carboxylic acids is 1. The van der Waals surface area contributed by atoms with E-state index >= 15 is 0 Å². The number of hydrogen-bond donors (Lipinski definition) is 0. The van der Waals surface area contributed by atoms with E-state index < -0.39 is 23.5 Å². The van der Waals surface area contributed by atoms with Crippen molar-refractivity contribution < 1.29 is 27.1 Å². The molecule has 0 radical (unpaired) electrons. The van der Waals surface area contributed by atoms with Gasteiger partial charge in [-0.1, -0.05) is 6.07 Å². The van der Waals surface area contributed by atoms with Crippen molar-refractivity contribution in [2.45, 2.75) is 6.18 Å². The third-order valence-electron chi connectivity index (χ3n) is 2.52. The van der Waals surface area contributed by atoms with Gasteiger partial charge in [-0.3, -0.25) is 0 Å². The second-order valence-electron chi connectivity index (χ2n) is 4.04. The Kier molecular flexibility index (Phi) is 4.32. The van der Waals surface area contributed by atoms with Crippen LogP contribution in [-0.2, 0) is 6.18 Å². The van der Waals surface area contributed by atoms with Gasteiger partial charge in [-0.25, -0.2) is 9.18 Å². The Hall–Kier alpha value is -1.89. The first-order valence-electron chi connectivity index (χ1n) is 5.62. The molecule has 21 heavy (non-hydrogen) atoms. The monoisotopic (exact) mass is 362 g/mol. The molecule has 0 aromatic heterocycles. The van der Waals surface area contributed by atoms with Crippen LogP contribution in [0.5, 0.6) is 5.75 Å². The van der Waals surface area contributed by atoms with E-state index in [1.807, 2.05) is 0 Å². The quantitative estimate of drug-likeness (QED) is 0.434. The highest BCUT2D eigenvalue weighted by Crippen LogP contribution is 2.30. The third-order valence-corrected chi connectivity index (χ3v) is 3.14. The molecule has 0 fully saturated rings. The van der Waals surface area contributed by atoms with Gasteiger partial charge >= 0.3 is 12.1 Å². The highest BCUT2D eigenvalue weighted by Gasteiger charge is 2.31. The van der Waals surface area contributed by atoms with Gasteiger partial charge in [0, 0.05) is 0 Å². The van der Waals surface area contributed by atoms with E-state index in [9.17, 15) is 22.4 Å². The lowest BCUT2D eigenvalue weighted by Gasteiger charge is -2.09. The second kappa shape index (κ2) is 5.85. The molecule has 0 heterocycles. The molecule has 0 atom stereocenters. The summed E-state index contributed by atoms with van der Waals surface area (Å²) in [4.78, 5) is 11.8. The Bertz CT molecular complexity index is 683. The molecule has 2 aromatic rings. The number of alkyl halides is 3. The molecule has 0 bridgehead atoms. The average molecular weight is 363 g/mol. The first-order chi connectivity index (χ1) is 9.77. The number of carbonyl (C=O) groups is 1. The maximum absolute atomic E-state index is 12.9. The van der Waals surface area contributed by atoms with Crippen LogP contribution in [0.3, 0.4) is 0 Å². The standard InChI is InChI=1S/C14H7BrF4O2/c15-11-7-10(16)4-5-12(11)21-13(20)8-2-1-3-9(6-8)14(17,18)19/h1-7H. The largest absolute Gasteiger partial charge is 0.422 e. The Morgan fingerprint density at radius 3 is 2.43 bits per heavy atom. The molecule has 0 saturated heterocycles. The minimum atomic E-state index is -4.55. The normalized spacial score (nSPS) is 11.3. The van der Waals surface area contributed by atoms with Gasteiger partial charge in [0.05, 0.1) is 15.6 Å². The summed E-state index contributed by atoms with van der Waals surface area (Å²) in [5.74, 6) is -1.49. The predicted octanol–water partition coefficient (Wildman–Crippen LogP) is 4.83. The number of esters is 1. The van der Waals surface area contributed by atoms with Gasteiger partial charge < -0.3 is 4.74 Å². The number of hydrogen-bond acceptors (Lipinski definition) is 2. The van der Waals surface area contributed by atoms with Crippen LogP contribution in [0.4, 0.5) is 17.6 Å². The topological polar surface area (TPSA) is 26.3 Å². The smallest absolute Gasteiger partial charge is 0.416 e. The molecule has 0 spiro atoms. The van der Waals surface area contributed by atoms with Crippen molar-refractivity contribution in [1.29, 1.82) is 0 Å². The van der Waals surface area contributed by atoms with Crippen LogP contribution in [0.2, 0.25) is 0 Å². The maximum atomic E-state index is 12.9. The number of halogens is 5. The van der Waals surface area contributed by atoms with E-state index in [0.29, 0.717) is 6.07 Å². The summed E-state index contributed by atoms with van der Waals surface area (Å²) < 4.78 is 55.7. The zero-order chi connectivity index (χ0) is 15.6. The highest BCUT2D eigenvalue weighted by atomic mass is 79.9. The molecule has 2 nitrogen and oxygen atoms in total. The van der Waals surface area contributed by atoms with E-state index in [1.165, 1.54) is 12.1 Å². The Morgan fingerprint density at radius 2 is 1.81 bits per heavy atom. The summed E-state index contributed by atoms with van der Waals surface area (Å²) in [6, 6.07) is 7.21. The van der Waals surface area contributed by atoms with Gasteiger partial charge in [0.1, 0.15) is 11.6 Å². The third kappa shape index (κ3) is 3.81.